The third-order valence-electron chi connectivity index (χ3n) is 3.25. The van der Waals surface area contributed by atoms with Crippen molar-refractivity contribution < 1.29 is 8.42 Å². The van der Waals surface area contributed by atoms with E-state index in [1.807, 2.05) is 39.0 Å². The van der Waals surface area contributed by atoms with Gasteiger partial charge in [-0.25, -0.2) is 0 Å². The number of nitrogens with two attached hydrogens (primary N) is 1. The summed E-state index contributed by atoms with van der Waals surface area (Å²) in [6, 6.07) is 5.81. The molecule has 6 heteroatoms. The van der Waals surface area contributed by atoms with E-state index < -0.39 is 10.2 Å². The lowest BCUT2D eigenvalue weighted by Gasteiger charge is -2.22. The van der Waals surface area contributed by atoms with Crippen molar-refractivity contribution in [1.29, 1.82) is 0 Å². The first kappa shape index (κ1) is 16.9. The maximum Gasteiger partial charge on any atom is 0.301 e. The number of hydrogen-bond donors (Lipinski definition) is 2. The fourth-order valence-electron chi connectivity index (χ4n) is 1.95. The maximum absolute atomic E-state index is 12.3. The third kappa shape index (κ3) is 4.19. The van der Waals surface area contributed by atoms with Crippen molar-refractivity contribution in [3.05, 3.63) is 29.3 Å². The van der Waals surface area contributed by atoms with E-state index in [9.17, 15) is 8.42 Å². The van der Waals surface area contributed by atoms with Gasteiger partial charge in [0.1, 0.15) is 0 Å². The van der Waals surface area contributed by atoms with E-state index in [0.29, 0.717) is 25.2 Å². The van der Waals surface area contributed by atoms with Gasteiger partial charge in [0.2, 0.25) is 0 Å². The summed E-state index contributed by atoms with van der Waals surface area (Å²) in [6.07, 6.45) is 0.641. The van der Waals surface area contributed by atoms with Crippen LogP contribution in [-0.4, -0.2) is 32.9 Å². The summed E-state index contributed by atoms with van der Waals surface area (Å²) in [7, 11) is -1.98. The molecule has 114 valence electrons. The fraction of sp³-hybridized carbons (Fsp3) is 0.571. The van der Waals surface area contributed by atoms with Crippen LogP contribution in [0.2, 0.25) is 0 Å². The molecule has 0 aliphatic heterocycles. The average molecular weight is 299 g/mol. The number of rotatable bonds is 7. The summed E-state index contributed by atoms with van der Waals surface area (Å²) >= 11 is 0. The lowest BCUT2D eigenvalue weighted by molar-refractivity contribution is 0.468. The number of nitrogens with zero attached hydrogens (tertiary/aromatic N) is 1. The quantitative estimate of drug-likeness (QED) is 0.809. The third-order valence-corrected chi connectivity index (χ3v) is 4.71. The van der Waals surface area contributed by atoms with Crippen LogP contribution in [0.25, 0.3) is 0 Å². The van der Waals surface area contributed by atoms with Crippen LogP contribution in [0.15, 0.2) is 18.2 Å². The molecule has 5 nitrogen and oxygen atoms in total. The van der Waals surface area contributed by atoms with Crippen LogP contribution in [0.5, 0.6) is 0 Å². The van der Waals surface area contributed by atoms with Gasteiger partial charge in [0.15, 0.2) is 0 Å². The minimum Gasteiger partial charge on any atom is -0.330 e. The monoisotopic (exact) mass is 299 g/mol. The van der Waals surface area contributed by atoms with Gasteiger partial charge in [0.25, 0.3) is 0 Å². The Bertz CT molecular complexity index is 541. The molecular formula is C14H25N3O2S. The first-order valence-corrected chi connectivity index (χ1v) is 8.27. The Morgan fingerprint density at radius 3 is 2.55 bits per heavy atom. The van der Waals surface area contributed by atoms with Crippen LogP contribution in [0.1, 0.15) is 37.3 Å². The fourth-order valence-corrected chi connectivity index (χ4v) is 3.01. The molecule has 1 rings (SSSR count). The van der Waals surface area contributed by atoms with Crippen LogP contribution in [-0.2, 0) is 10.2 Å². The van der Waals surface area contributed by atoms with Crippen LogP contribution in [0.4, 0.5) is 5.69 Å². The Morgan fingerprint density at radius 2 is 2.00 bits per heavy atom. The Kier molecular flexibility index (Phi) is 5.98. The molecule has 1 aromatic rings. The minimum atomic E-state index is -3.54. The molecular weight excluding hydrogens is 274 g/mol. The summed E-state index contributed by atoms with van der Waals surface area (Å²) in [5.41, 5.74) is 8.03. The van der Waals surface area contributed by atoms with E-state index in [1.165, 1.54) is 4.31 Å². The van der Waals surface area contributed by atoms with E-state index in [4.69, 9.17) is 5.73 Å². The maximum atomic E-state index is 12.3. The van der Waals surface area contributed by atoms with Gasteiger partial charge in [-0.15, -0.1) is 0 Å². The van der Waals surface area contributed by atoms with E-state index in [1.54, 1.807) is 7.05 Å². The normalized spacial score (nSPS) is 12.2. The molecule has 0 spiro atoms. The predicted molar refractivity (Wildman–Crippen MR) is 84.1 cm³/mol. The van der Waals surface area contributed by atoms with Crippen LogP contribution in [0.3, 0.4) is 0 Å². The van der Waals surface area contributed by atoms with E-state index in [0.717, 1.165) is 11.1 Å². The molecule has 20 heavy (non-hydrogen) atoms. The highest BCUT2D eigenvalue weighted by atomic mass is 32.2. The molecule has 0 fully saturated rings. The Morgan fingerprint density at radius 1 is 1.35 bits per heavy atom. The lowest BCUT2D eigenvalue weighted by Crippen LogP contribution is -2.34. The van der Waals surface area contributed by atoms with Gasteiger partial charge >= 0.3 is 10.2 Å². The molecule has 0 aliphatic rings. The average Bonchev–Trinajstić information content (AvgIpc) is 2.37. The van der Waals surface area contributed by atoms with E-state index in [2.05, 4.69) is 4.72 Å². The van der Waals surface area contributed by atoms with Gasteiger partial charge in [-0.1, -0.05) is 32.0 Å². The summed E-state index contributed by atoms with van der Waals surface area (Å²) in [4.78, 5) is 0. The summed E-state index contributed by atoms with van der Waals surface area (Å²) in [6.45, 7) is 6.88. The Hall–Kier alpha value is -1.11. The number of aryl methyl sites for hydroxylation is 1. The van der Waals surface area contributed by atoms with Gasteiger partial charge in [-0.3, -0.25) is 4.72 Å². The highest BCUT2D eigenvalue weighted by Gasteiger charge is 2.20. The van der Waals surface area contributed by atoms with Crippen molar-refractivity contribution in [2.75, 3.05) is 24.9 Å². The van der Waals surface area contributed by atoms with Crippen LogP contribution in [0, 0.1) is 6.92 Å². The van der Waals surface area contributed by atoms with Gasteiger partial charge in [-0.05, 0) is 36.9 Å². The number of hydrogen-bond acceptors (Lipinski definition) is 3. The molecule has 0 aliphatic carbocycles. The molecule has 0 aromatic heterocycles. The minimum absolute atomic E-state index is 0.252. The molecule has 0 atom stereocenters. The second-order valence-corrected chi connectivity index (χ2v) is 7.04. The topological polar surface area (TPSA) is 75.4 Å². The smallest absolute Gasteiger partial charge is 0.301 e. The molecule has 0 saturated carbocycles. The summed E-state index contributed by atoms with van der Waals surface area (Å²) in [5.74, 6) is 0.252. The predicted octanol–water partition coefficient (Wildman–Crippen LogP) is 2.06. The Balaban J connectivity index is 3.03. The van der Waals surface area contributed by atoms with Crippen molar-refractivity contribution in [2.45, 2.75) is 33.1 Å². The van der Waals surface area contributed by atoms with E-state index in [-0.39, 0.29) is 5.92 Å². The van der Waals surface area contributed by atoms with Gasteiger partial charge in [0.05, 0.1) is 5.69 Å². The van der Waals surface area contributed by atoms with Gasteiger partial charge in [-0.2, -0.15) is 12.7 Å². The standard InChI is InChI=1S/C14H25N3O2S/c1-11(2)13-8-5-7-12(3)14(13)16-20(18,19)17(4)10-6-9-15/h5,7-8,11,16H,6,9-10,15H2,1-4H3. The molecule has 0 unspecified atom stereocenters. The van der Waals surface area contributed by atoms with Crippen molar-refractivity contribution in [1.82, 2.24) is 4.31 Å². The van der Waals surface area contributed by atoms with Crippen LogP contribution < -0.4 is 10.5 Å². The van der Waals surface area contributed by atoms with Crippen molar-refractivity contribution in [2.24, 2.45) is 5.73 Å². The first-order chi connectivity index (χ1) is 9.29. The Labute approximate surface area is 122 Å². The highest BCUT2D eigenvalue weighted by molar-refractivity contribution is 7.90. The highest BCUT2D eigenvalue weighted by Crippen LogP contribution is 2.28. The lowest BCUT2D eigenvalue weighted by atomic mass is 9.99. The van der Waals surface area contributed by atoms with Crippen molar-refractivity contribution in [3.8, 4) is 0 Å². The molecule has 3 N–H and O–H groups in total. The van der Waals surface area contributed by atoms with E-state index >= 15 is 0 Å². The largest absolute Gasteiger partial charge is 0.330 e. The molecule has 0 saturated heterocycles. The second-order valence-electron chi connectivity index (χ2n) is 5.26. The summed E-state index contributed by atoms with van der Waals surface area (Å²) < 4.78 is 28.6. The summed E-state index contributed by atoms with van der Waals surface area (Å²) in [5, 5.41) is 0. The molecule has 0 radical (unpaired) electrons. The second kappa shape index (κ2) is 7.06. The van der Waals surface area contributed by atoms with Crippen molar-refractivity contribution in [3.63, 3.8) is 0 Å². The first-order valence-electron chi connectivity index (χ1n) is 6.83. The van der Waals surface area contributed by atoms with Gasteiger partial charge in [0, 0.05) is 13.6 Å². The molecule has 1 aromatic carbocycles. The molecule has 0 amide bonds. The number of nitrogens with one attached hydrogen (secondary N) is 1. The van der Waals surface area contributed by atoms with Crippen molar-refractivity contribution >= 4 is 15.9 Å². The number of para-hydroxylation sites is 1. The van der Waals surface area contributed by atoms with Gasteiger partial charge < -0.3 is 5.73 Å². The van der Waals surface area contributed by atoms with Crippen LogP contribution >= 0.6 is 0 Å². The molecule has 0 heterocycles. The zero-order valence-corrected chi connectivity index (χ0v) is 13.5. The molecule has 0 bridgehead atoms. The zero-order valence-electron chi connectivity index (χ0n) is 12.7. The number of anilines is 1. The number of benzene rings is 1. The SMILES string of the molecule is Cc1cccc(C(C)C)c1NS(=O)(=O)N(C)CCCN. The zero-order chi connectivity index (χ0) is 15.3.